The molecule has 1 saturated heterocycles. The second-order valence-electron chi connectivity index (χ2n) is 9.16. The molecule has 1 N–H and O–H groups in total. The molecule has 2 saturated carbocycles. The Kier molecular flexibility index (Phi) is 5.76. The summed E-state index contributed by atoms with van der Waals surface area (Å²) >= 11 is 0. The maximum absolute atomic E-state index is 12.6. The zero-order valence-corrected chi connectivity index (χ0v) is 17.7. The molecule has 3 aliphatic rings. The van der Waals surface area contributed by atoms with Crippen LogP contribution in [-0.2, 0) is 28.6 Å². The summed E-state index contributed by atoms with van der Waals surface area (Å²) in [7, 11) is 1.80. The van der Waals surface area contributed by atoms with Gasteiger partial charge in [0.15, 0.2) is 0 Å². The Morgan fingerprint density at radius 1 is 1.14 bits per heavy atom. The van der Waals surface area contributed by atoms with Crippen LogP contribution in [0, 0.1) is 35.0 Å². The van der Waals surface area contributed by atoms with Crippen LogP contribution in [0.2, 0.25) is 0 Å². The van der Waals surface area contributed by atoms with Crippen LogP contribution in [0.3, 0.4) is 0 Å². The number of ether oxygens (including phenoxy) is 3. The third-order valence-electron chi connectivity index (χ3n) is 7.28. The summed E-state index contributed by atoms with van der Waals surface area (Å²) in [6.07, 6.45) is 0.251. The van der Waals surface area contributed by atoms with E-state index in [2.05, 4.69) is 26.1 Å². The van der Waals surface area contributed by atoms with Crippen LogP contribution < -0.4 is 5.32 Å². The Morgan fingerprint density at radius 3 is 2.32 bits per heavy atom. The molecule has 158 valence electrons. The Labute approximate surface area is 166 Å². The van der Waals surface area contributed by atoms with Gasteiger partial charge in [-0.25, -0.2) is 0 Å². The van der Waals surface area contributed by atoms with E-state index >= 15 is 0 Å². The number of carbonyl (C=O) groups is 3. The fraction of sp³-hybridized carbons (Fsp3) is 0.857. The van der Waals surface area contributed by atoms with Crippen LogP contribution in [0.4, 0.5) is 0 Å². The summed E-state index contributed by atoms with van der Waals surface area (Å²) in [6.45, 7) is 9.68. The van der Waals surface area contributed by atoms with E-state index in [9.17, 15) is 14.4 Å². The maximum atomic E-state index is 12.6. The predicted octanol–water partition coefficient (Wildman–Crippen LogP) is 1.93. The highest BCUT2D eigenvalue weighted by Gasteiger charge is 2.66. The van der Waals surface area contributed by atoms with Crippen molar-refractivity contribution in [3.05, 3.63) is 0 Å². The van der Waals surface area contributed by atoms with Gasteiger partial charge in [0, 0.05) is 31.7 Å². The third kappa shape index (κ3) is 3.31. The van der Waals surface area contributed by atoms with Gasteiger partial charge in [0.25, 0.3) is 0 Å². The second kappa shape index (κ2) is 7.65. The second-order valence-corrected chi connectivity index (χ2v) is 9.16. The van der Waals surface area contributed by atoms with Gasteiger partial charge in [-0.3, -0.25) is 14.4 Å². The van der Waals surface area contributed by atoms with Crippen LogP contribution >= 0.6 is 0 Å². The van der Waals surface area contributed by atoms with Gasteiger partial charge in [0.2, 0.25) is 0 Å². The minimum absolute atomic E-state index is 0.195. The lowest BCUT2D eigenvalue weighted by Gasteiger charge is -2.45. The van der Waals surface area contributed by atoms with Gasteiger partial charge in [-0.2, -0.15) is 0 Å². The average molecular weight is 395 g/mol. The summed E-state index contributed by atoms with van der Waals surface area (Å²) in [5.74, 6) is -0.872. The standard InChI is InChI=1S/C21H33NO6/c1-10-7-15-17(14(9-22-6)20(25)28-15)19(27-13(4)24)21(5)16(26-12(3)23)8-11(2)18(10)21/h10-11,14-19,22H,7-9H2,1-6H3/t10-,11+,14-,15+,16+,17-,18-,19+,21-/m1/s1. The lowest BCUT2D eigenvalue weighted by molar-refractivity contribution is -0.180. The molecule has 3 fully saturated rings. The first kappa shape index (κ1) is 21.1. The Morgan fingerprint density at radius 2 is 1.75 bits per heavy atom. The van der Waals surface area contributed by atoms with Crippen LogP contribution in [0.5, 0.6) is 0 Å². The van der Waals surface area contributed by atoms with Gasteiger partial charge in [-0.1, -0.05) is 20.8 Å². The maximum Gasteiger partial charge on any atom is 0.311 e. The summed E-state index contributed by atoms with van der Waals surface area (Å²) in [5, 5.41) is 3.08. The Balaban J connectivity index is 2.12. The largest absolute Gasteiger partial charge is 0.462 e. The predicted molar refractivity (Wildman–Crippen MR) is 101 cm³/mol. The molecule has 1 aliphatic heterocycles. The number of esters is 3. The highest BCUT2D eigenvalue weighted by atomic mass is 16.6. The summed E-state index contributed by atoms with van der Waals surface area (Å²) in [5.41, 5.74) is -0.574. The number of hydrogen-bond acceptors (Lipinski definition) is 7. The van der Waals surface area contributed by atoms with Crippen molar-refractivity contribution in [2.45, 2.75) is 65.8 Å². The van der Waals surface area contributed by atoms with E-state index < -0.39 is 17.4 Å². The molecule has 0 spiro atoms. The van der Waals surface area contributed by atoms with Crippen molar-refractivity contribution in [1.29, 1.82) is 0 Å². The molecule has 1 heterocycles. The zero-order chi connectivity index (χ0) is 20.8. The van der Waals surface area contributed by atoms with Crippen molar-refractivity contribution in [2.75, 3.05) is 13.6 Å². The molecule has 3 rings (SSSR count). The van der Waals surface area contributed by atoms with Gasteiger partial charge < -0.3 is 19.5 Å². The van der Waals surface area contributed by atoms with Crippen LogP contribution in [0.15, 0.2) is 0 Å². The number of fused-ring (bicyclic) bond motifs is 2. The topological polar surface area (TPSA) is 90.9 Å². The molecule has 0 bridgehead atoms. The number of rotatable bonds is 4. The van der Waals surface area contributed by atoms with E-state index in [0.29, 0.717) is 12.5 Å². The molecule has 2 aliphatic carbocycles. The molecule has 0 radical (unpaired) electrons. The quantitative estimate of drug-likeness (QED) is 0.574. The molecule has 0 aromatic heterocycles. The highest BCUT2D eigenvalue weighted by Crippen LogP contribution is 2.60. The minimum atomic E-state index is -0.574. The lowest BCUT2D eigenvalue weighted by atomic mass is 9.65. The molecule has 7 nitrogen and oxygen atoms in total. The number of hydrogen-bond donors (Lipinski definition) is 1. The van der Waals surface area contributed by atoms with E-state index in [-0.39, 0.29) is 47.9 Å². The van der Waals surface area contributed by atoms with Crippen LogP contribution in [0.1, 0.15) is 47.5 Å². The van der Waals surface area contributed by atoms with E-state index in [4.69, 9.17) is 14.2 Å². The average Bonchev–Trinajstić information content (AvgIpc) is 2.96. The number of nitrogens with one attached hydrogen (secondary N) is 1. The molecule has 0 amide bonds. The fourth-order valence-electron chi connectivity index (χ4n) is 6.58. The zero-order valence-electron chi connectivity index (χ0n) is 17.7. The van der Waals surface area contributed by atoms with Crippen LogP contribution in [-0.4, -0.2) is 49.8 Å². The van der Waals surface area contributed by atoms with Gasteiger partial charge in [0.1, 0.15) is 18.3 Å². The molecule has 0 unspecified atom stereocenters. The van der Waals surface area contributed by atoms with E-state index in [1.807, 2.05) is 0 Å². The van der Waals surface area contributed by atoms with E-state index in [1.54, 1.807) is 7.05 Å². The first-order chi connectivity index (χ1) is 13.1. The lowest BCUT2D eigenvalue weighted by Crippen LogP contribution is -2.53. The first-order valence-electron chi connectivity index (χ1n) is 10.3. The van der Waals surface area contributed by atoms with Gasteiger partial charge in [0.05, 0.1) is 5.92 Å². The molecule has 0 aromatic carbocycles. The van der Waals surface area contributed by atoms with Crippen molar-refractivity contribution in [3.8, 4) is 0 Å². The Hall–Kier alpha value is -1.63. The van der Waals surface area contributed by atoms with Crippen molar-refractivity contribution in [2.24, 2.45) is 35.0 Å². The van der Waals surface area contributed by atoms with Crippen molar-refractivity contribution in [3.63, 3.8) is 0 Å². The normalized spacial score (nSPS) is 44.9. The molecule has 28 heavy (non-hydrogen) atoms. The van der Waals surface area contributed by atoms with Crippen LogP contribution in [0.25, 0.3) is 0 Å². The highest BCUT2D eigenvalue weighted by molar-refractivity contribution is 5.76. The third-order valence-corrected chi connectivity index (χ3v) is 7.28. The van der Waals surface area contributed by atoms with E-state index in [0.717, 1.165) is 12.8 Å². The van der Waals surface area contributed by atoms with Gasteiger partial charge >= 0.3 is 17.9 Å². The molecular formula is C21H33NO6. The monoisotopic (exact) mass is 395 g/mol. The smallest absolute Gasteiger partial charge is 0.311 e. The SMILES string of the molecule is CNC[C@H]1C(=O)O[C@H]2C[C@@H](C)[C@@H]3[C@@H](C)C[C@H](OC(C)=O)[C@@]3(C)[C@@H](OC(C)=O)[C@@H]21. The number of carbonyl (C=O) groups excluding carboxylic acids is 3. The minimum Gasteiger partial charge on any atom is -0.462 e. The Bertz CT molecular complexity index is 651. The summed E-state index contributed by atoms with van der Waals surface area (Å²) in [6, 6.07) is 0. The molecule has 9 atom stereocenters. The molecule has 7 heteroatoms. The molecular weight excluding hydrogens is 362 g/mol. The van der Waals surface area contributed by atoms with E-state index in [1.165, 1.54) is 13.8 Å². The van der Waals surface area contributed by atoms with Gasteiger partial charge in [-0.15, -0.1) is 0 Å². The summed E-state index contributed by atoms with van der Waals surface area (Å²) in [4.78, 5) is 36.6. The summed E-state index contributed by atoms with van der Waals surface area (Å²) < 4.78 is 17.5. The fourth-order valence-corrected chi connectivity index (χ4v) is 6.58. The van der Waals surface area contributed by atoms with Crippen molar-refractivity contribution >= 4 is 17.9 Å². The van der Waals surface area contributed by atoms with Crippen molar-refractivity contribution < 1.29 is 28.6 Å². The molecule has 0 aromatic rings. The van der Waals surface area contributed by atoms with Crippen molar-refractivity contribution in [1.82, 2.24) is 5.32 Å². The first-order valence-corrected chi connectivity index (χ1v) is 10.3. The van der Waals surface area contributed by atoms with Gasteiger partial charge in [-0.05, 0) is 37.6 Å².